The Kier molecular flexibility index (Phi) is 7.53. The first-order chi connectivity index (χ1) is 13.3. The van der Waals surface area contributed by atoms with Crippen LogP contribution in [0.25, 0.3) is 0 Å². The van der Waals surface area contributed by atoms with Crippen molar-refractivity contribution >= 4 is 0 Å². The van der Waals surface area contributed by atoms with E-state index in [0.29, 0.717) is 24.9 Å². The molecule has 1 fully saturated rings. The first kappa shape index (κ1) is 19.7. The van der Waals surface area contributed by atoms with Crippen LogP contribution in [0.5, 0.6) is 5.88 Å². The van der Waals surface area contributed by atoms with E-state index >= 15 is 0 Å². The van der Waals surface area contributed by atoms with Gasteiger partial charge in [-0.2, -0.15) is 5.10 Å². The summed E-state index contributed by atoms with van der Waals surface area (Å²) in [5.41, 5.74) is 1.98. The predicted molar refractivity (Wildman–Crippen MR) is 106 cm³/mol. The number of nitrogens with zero attached hydrogens (tertiary/aromatic N) is 2. The van der Waals surface area contributed by atoms with Gasteiger partial charge in [-0.15, -0.1) is 0 Å². The lowest BCUT2D eigenvalue weighted by Crippen LogP contribution is -2.25. The van der Waals surface area contributed by atoms with Gasteiger partial charge in [0.2, 0.25) is 5.88 Å². The molecule has 1 saturated carbocycles. The van der Waals surface area contributed by atoms with E-state index in [1.165, 1.54) is 19.3 Å². The van der Waals surface area contributed by atoms with Gasteiger partial charge in [-0.25, -0.2) is 9.07 Å². The van der Waals surface area contributed by atoms with Gasteiger partial charge in [0.15, 0.2) is 0 Å². The Balaban J connectivity index is 1.77. The molecule has 3 rings (SSSR count). The Labute approximate surface area is 161 Å². The van der Waals surface area contributed by atoms with E-state index < -0.39 is 6.67 Å². The average Bonchev–Trinajstić information content (AvgIpc) is 3.05. The zero-order valence-corrected chi connectivity index (χ0v) is 16.2. The van der Waals surface area contributed by atoms with Crippen LogP contribution in [0.4, 0.5) is 4.39 Å². The molecule has 146 valence electrons. The molecule has 1 unspecified atom stereocenters. The minimum Gasteiger partial charge on any atom is -0.473 e. The molecule has 4 nitrogen and oxygen atoms in total. The standard InChI is InChI=1S/C22H30FN3O/c1-24-16-20-14-22(27-17-18-10-6-3-2-4-7-11-18)26(25-20)21(15-23)19-12-8-5-9-13-19/h6,10-11,14,19,21,24H,3,5,7-9,12-13,15-17H2,1H3. The molecule has 0 bridgehead atoms. The van der Waals surface area contributed by atoms with Gasteiger partial charge in [0.1, 0.15) is 13.3 Å². The number of rotatable bonds is 8. The van der Waals surface area contributed by atoms with Crippen molar-refractivity contribution in [2.45, 2.75) is 57.5 Å². The first-order valence-electron chi connectivity index (χ1n) is 10.0. The fourth-order valence-electron chi connectivity index (χ4n) is 3.88. The van der Waals surface area contributed by atoms with Crippen LogP contribution in [0, 0.1) is 17.8 Å². The second-order valence-corrected chi connectivity index (χ2v) is 7.30. The number of nitrogens with one attached hydrogen (secondary N) is 1. The molecule has 1 heterocycles. The van der Waals surface area contributed by atoms with Crippen molar-refractivity contribution < 1.29 is 9.13 Å². The van der Waals surface area contributed by atoms with Crippen LogP contribution in [-0.4, -0.2) is 30.1 Å². The molecular weight excluding hydrogens is 341 g/mol. The number of allylic oxidation sites excluding steroid dienone is 2. The first-order valence-corrected chi connectivity index (χ1v) is 10.0. The summed E-state index contributed by atoms with van der Waals surface area (Å²) in [4.78, 5) is 0. The minimum atomic E-state index is -0.403. The molecular formula is C22H30FN3O. The molecule has 0 amide bonds. The van der Waals surface area contributed by atoms with Gasteiger partial charge >= 0.3 is 0 Å². The molecule has 5 heteroatoms. The van der Waals surface area contributed by atoms with Crippen LogP contribution >= 0.6 is 0 Å². The maximum absolute atomic E-state index is 14.0. The smallest absolute Gasteiger partial charge is 0.212 e. The van der Waals surface area contributed by atoms with Crippen LogP contribution in [0.15, 0.2) is 29.9 Å². The molecule has 0 spiro atoms. The van der Waals surface area contributed by atoms with Crippen molar-refractivity contribution in [2.24, 2.45) is 5.92 Å². The Morgan fingerprint density at radius 2 is 2.11 bits per heavy atom. The lowest BCUT2D eigenvalue weighted by molar-refractivity contribution is 0.176. The molecule has 1 atom stereocenters. The summed E-state index contributed by atoms with van der Waals surface area (Å²) in [6.07, 6.45) is 13.5. The highest BCUT2D eigenvalue weighted by molar-refractivity contribution is 5.27. The molecule has 27 heavy (non-hydrogen) atoms. The van der Waals surface area contributed by atoms with E-state index in [1.807, 2.05) is 13.1 Å². The SMILES string of the molecule is CNCc1cc(OCC2=CCC#CCC=C2)n(C(CF)C2CCCCC2)n1. The Morgan fingerprint density at radius 1 is 1.30 bits per heavy atom. The molecule has 0 saturated heterocycles. The van der Waals surface area contributed by atoms with E-state index in [9.17, 15) is 4.39 Å². The average molecular weight is 372 g/mol. The minimum absolute atomic E-state index is 0.237. The lowest BCUT2D eigenvalue weighted by Gasteiger charge is -2.29. The topological polar surface area (TPSA) is 39.1 Å². The second kappa shape index (κ2) is 10.3. The maximum atomic E-state index is 14.0. The summed E-state index contributed by atoms with van der Waals surface area (Å²) in [6.45, 7) is 0.692. The Bertz CT molecular complexity index is 720. The monoisotopic (exact) mass is 371 g/mol. The molecule has 0 aliphatic heterocycles. The summed E-state index contributed by atoms with van der Waals surface area (Å²) in [7, 11) is 1.89. The van der Waals surface area contributed by atoms with Crippen molar-refractivity contribution in [3.05, 3.63) is 35.6 Å². The number of halogens is 1. The molecule has 1 aromatic heterocycles. The third-order valence-corrected chi connectivity index (χ3v) is 5.31. The van der Waals surface area contributed by atoms with Crippen molar-refractivity contribution in [2.75, 3.05) is 20.3 Å². The van der Waals surface area contributed by atoms with E-state index in [2.05, 4.69) is 40.5 Å². The normalized spacial score (nSPS) is 18.8. The number of hydrogen-bond donors (Lipinski definition) is 1. The maximum Gasteiger partial charge on any atom is 0.212 e. The zero-order chi connectivity index (χ0) is 18.9. The molecule has 2 aliphatic carbocycles. The highest BCUT2D eigenvalue weighted by atomic mass is 19.1. The molecule has 1 N–H and O–H groups in total. The molecule has 2 aliphatic rings. The number of hydrogen-bond acceptors (Lipinski definition) is 3. The fraction of sp³-hybridized carbons (Fsp3) is 0.591. The van der Waals surface area contributed by atoms with Crippen molar-refractivity contribution in [3.8, 4) is 17.7 Å². The summed E-state index contributed by atoms with van der Waals surface area (Å²) in [5.74, 6) is 7.19. The van der Waals surface area contributed by atoms with Gasteiger partial charge in [-0.05, 0) is 31.4 Å². The highest BCUT2D eigenvalue weighted by Crippen LogP contribution is 2.35. The number of ether oxygens (including phenoxy) is 1. The Morgan fingerprint density at radius 3 is 2.89 bits per heavy atom. The van der Waals surface area contributed by atoms with E-state index in [-0.39, 0.29) is 6.04 Å². The Hall–Kier alpha value is -2.06. The van der Waals surface area contributed by atoms with Gasteiger partial charge in [0, 0.05) is 25.5 Å². The zero-order valence-electron chi connectivity index (χ0n) is 16.2. The highest BCUT2D eigenvalue weighted by Gasteiger charge is 2.28. The molecule has 0 radical (unpaired) electrons. The van der Waals surface area contributed by atoms with Crippen LogP contribution in [0.2, 0.25) is 0 Å². The van der Waals surface area contributed by atoms with E-state index in [4.69, 9.17) is 4.74 Å². The summed E-state index contributed by atoms with van der Waals surface area (Å²) < 4.78 is 21.9. The number of alkyl halides is 1. The molecule has 1 aromatic rings. The summed E-state index contributed by atoms with van der Waals surface area (Å²) in [5, 5.41) is 7.79. The third-order valence-electron chi connectivity index (χ3n) is 5.31. The largest absolute Gasteiger partial charge is 0.473 e. The van der Waals surface area contributed by atoms with Gasteiger partial charge in [-0.1, -0.05) is 49.3 Å². The van der Waals surface area contributed by atoms with Crippen LogP contribution in [0.3, 0.4) is 0 Å². The van der Waals surface area contributed by atoms with E-state index in [0.717, 1.165) is 37.0 Å². The molecule has 0 aromatic carbocycles. The van der Waals surface area contributed by atoms with Crippen molar-refractivity contribution in [1.82, 2.24) is 15.1 Å². The third kappa shape index (κ3) is 5.46. The van der Waals surface area contributed by atoms with E-state index in [1.54, 1.807) is 4.68 Å². The van der Waals surface area contributed by atoms with Crippen molar-refractivity contribution in [1.29, 1.82) is 0 Å². The van der Waals surface area contributed by atoms with Gasteiger partial charge < -0.3 is 10.1 Å². The van der Waals surface area contributed by atoms with Crippen LogP contribution in [-0.2, 0) is 6.54 Å². The lowest BCUT2D eigenvalue weighted by atomic mass is 9.84. The summed E-state index contributed by atoms with van der Waals surface area (Å²) >= 11 is 0. The second-order valence-electron chi connectivity index (χ2n) is 7.30. The quantitative estimate of drug-likeness (QED) is 0.691. The predicted octanol–water partition coefficient (Wildman–Crippen LogP) is 4.35. The van der Waals surface area contributed by atoms with Gasteiger partial charge in [-0.3, -0.25) is 0 Å². The van der Waals surface area contributed by atoms with Crippen molar-refractivity contribution in [3.63, 3.8) is 0 Å². The van der Waals surface area contributed by atoms with Crippen LogP contribution in [0.1, 0.15) is 56.7 Å². The van der Waals surface area contributed by atoms with Gasteiger partial charge in [0.05, 0.1) is 11.7 Å². The summed E-state index contributed by atoms with van der Waals surface area (Å²) in [6, 6.07) is 1.70. The number of aromatic nitrogens is 2. The van der Waals surface area contributed by atoms with Crippen LogP contribution < -0.4 is 10.1 Å². The fourth-order valence-corrected chi connectivity index (χ4v) is 3.88. The van der Waals surface area contributed by atoms with Gasteiger partial charge in [0.25, 0.3) is 0 Å².